The van der Waals surface area contributed by atoms with E-state index in [0.29, 0.717) is 16.7 Å². The molecule has 0 saturated carbocycles. The van der Waals surface area contributed by atoms with Crippen molar-refractivity contribution < 1.29 is 13.6 Å². The molecule has 1 aromatic heterocycles. The molecular weight excluding hydrogens is 310 g/mol. The molecule has 0 unspecified atom stereocenters. The highest BCUT2D eigenvalue weighted by Crippen LogP contribution is 2.23. The molecule has 1 atom stereocenters. The second kappa shape index (κ2) is 6.69. The number of carbonyl (C=O) groups is 1. The molecule has 8 heteroatoms. The maximum absolute atomic E-state index is 13.5. The molecule has 1 heterocycles. The third-order valence-corrected chi connectivity index (χ3v) is 3.65. The first-order valence-corrected chi connectivity index (χ1v) is 7.27. The van der Waals surface area contributed by atoms with E-state index in [4.69, 9.17) is 5.73 Å². The zero-order chi connectivity index (χ0) is 16.3. The van der Waals surface area contributed by atoms with Crippen molar-refractivity contribution >= 4 is 29.2 Å². The predicted octanol–water partition coefficient (Wildman–Crippen LogP) is 2.76. The van der Waals surface area contributed by atoms with Crippen LogP contribution in [0.15, 0.2) is 29.4 Å². The van der Waals surface area contributed by atoms with Crippen LogP contribution >= 0.6 is 11.8 Å². The third-order valence-electron chi connectivity index (χ3n) is 2.69. The van der Waals surface area contributed by atoms with E-state index in [1.165, 1.54) is 0 Å². The van der Waals surface area contributed by atoms with Crippen LogP contribution in [0.2, 0.25) is 0 Å². The first-order valence-electron chi connectivity index (χ1n) is 6.39. The van der Waals surface area contributed by atoms with Crippen LogP contribution < -0.4 is 11.1 Å². The zero-order valence-corrected chi connectivity index (χ0v) is 12.7. The number of thioether (sulfide) groups is 1. The molecular formula is C14H14F2N4OS. The van der Waals surface area contributed by atoms with Crippen molar-refractivity contribution in [2.45, 2.75) is 24.3 Å². The molecule has 0 aliphatic heterocycles. The van der Waals surface area contributed by atoms with Crippen LogP contribution in [0.25, 0.3) is 0 Å². The molecule has 3 N–H and O–H groups in total. The number of amides is 1. The van der Waals surface area contributed by atoms with Crippen LogP contribution in [0.5, 0.6) is 0 Å². The van der Waals surface area contributed by atoms with Gasteiger partial charge in [0.05, 0.1) is 10.9 Å². The van der Waals surface area contributed by atoms with Gasteiger partial charge in [-0.05, 0) is 26.0 Å². The summed E-state index contributed by atoms with van der Waals surface area (Å²) in [6.45, 7) is 3.37. The van der Waals surface area contributed by atoms with Gasteiger partial charge in [-0.15, -0.1) is 0 Å². The van der Waals surface area contributed by atoms with E-state index in [9.17, 15) is 13.6 Å². The Balaban J connectivity index is 2.07. The maximum atomic E-state index is 13.5. The van der Waals surface area contributed by atoms with Gasteiger partial charge in [0.25, 0.3) is 0 Å². The van der Waals surface area contributed by atoms with Crippen LogP contribution in [0.3, 0.4) is 0 Å². The van der Waals surface area contributed by atoms with Crippen LogP contribution in [-0.4, -0.2) is 21.1 Å². The molecule has 0 bridgehead atoms. The number of halogens is 2. The lowest BCUT2D eigenvalue weighted by Crippen LogP contribution is -2.23. The summed E-state index contributed by atoms with van der Waals surface area (Å²) < 4.78 is 26.6. The highest BCUT2D eigenvalue weighted by molar-refractivity contribution is 8.00. The van der Waals surface area contributed by atoms with Gasteiger partial charge >= 0.3 is 0 Å². The number of carbonyl (C=O) groups excluding carboxylic acids is 1. The Bertz CT molecular complexity index is 691. The molecule has 0 aliphatic carbocycles. The molecule has 0 saturated heterocycles. The van der Waals surface area contributed by atoms with Gasteiger partial charge in [0.15, 0.2) is 5.16 Å². The van der Waals surface area contributed by atoms with Crippen LogP contribution in [0.4, 0.5) is 20.3 Å². The van der Waals surface area contributed by atoms with Crippen molar-refractivity contribution in [3.63, 3.8) is 0 Å². The van der Waals surface area contributed by atoms with Gasteiger partial charge in [-0.2, -0.15) is 0 Å². The molecule has 0 fully saturated rings. The van der Waals surface area contributed by atoms with Gasteiger partial charge in [0.1, 0.15) is 17.5 Å². The van der Waals surface area contributed by atoms with E-state index in [0.717, 1.165) is 30.0 Å². The van der Waals surface area contributed by atoms with Gasteiger partial charge < -0.3 is 11.1 Å². The van der Waals surface area contributed by atoms with E-state index in [1.807, 2.05) is 0 Å². The largest absolute Gasteiger partial charge is 0.384 e. The highest BCUT2D eigenvalue weighted by Gasteiger charge is 2.18. The van der Waals surface area contributed by atoms with Crippen LogP contribution in [0, 0.1) is 18.6 Å². The maximum Gasteiger partial charge on any atom is 0.237 e. The van der Waals surface area contributed by atoms with E-state index in [-0.39, 0.29) is 5.69 Å². The lowest BCUT2D eigenvalue weighted by atomic mass is 10.3. The molecule has 0 aliphatic rings. The number of hydrogen-bond acceptors (Lipinski definition) is 5. The second-order valence-corrected chi connectivity index (χ2v) is 5.90. The number of anilines is 2. The van der Waals surface area contributed by atoms with Crippen LogP contribution in [-0.2, 0) is 4.79 Å². The summed E-state index contributed by atoms with van der Waals surface area (Å²) in [5.74, 6) is -1.52. The summed E-state index contributed by atoms with van der Waals surface area (Å²) in [6.07, 6.45) is 0. The minimum absolute atomic E-state index is 0.206. The summed E-state index contributed by atoms with van der Waals surface area (Å²) >= 11 is 1.08. The average Bonchev–Trinajstić information content (AvgIpc) is 2.41. The van der Waals surface area contributed by atoms with Crippen molar-refractivity contribution in [2.24, 2.45) is 0 Å². The summed E-state index contributed by atoms with van der Waals surface area (Å²) in [5, 5.41) is 2.08. The van der Waals surface area contributed by atoms with Crippen LogP contribution in [0.1, 0.15) is 12.6 Å². The van der Waals surface area contributed by atoms with Gasteiger partial charge in [-0.3, -0.25) is 4.79 Å². The Hall–Kier alpha value is -2.22. The minimum atomic E-state index is -0.706. The number of nitrogens with one attached hydrogen (secondary N) is 1. The Kier molecular flexibility index (Phi) is 4.92. The first kappa shape index (κ1) is 16.2. The number of aryl methyl sites for hydroxylation is 1. The monoisotopic (exact) mass is 324 g/mol. The fourth-order valence-corrected chi connectivity index (χ4v) is 2.49. The molecule has 1 amide bonds. The van der Waals surface area contributed by atoms with Crippen molar-refractivity contribution in [2.75, 3.05) is 11.1 Å². The molecule has 2 rings (SSSR count). The molecule has 0 spiro atoms. The predicted molar refractivity (Wildman–Crippen MR) is 81.5 cm³/mol. The number of nitrogens with two attached hydrogens (primary N) is 1. The number of nitrogens with zero attached hydrogens (tertiary/aromatic N) is 2. The summed E-state index contributed by atoms with van der Waals surface area (Å²) in [4.78, 5) is 20.2. The normalized spacial score (nSPS) is 12.0. The SMILES string of the molecule is Cc1cc(N)nc(S[C@@H](C)C(=O)Nc2cc(F)ccc2F)n1. The summed E-state index contributed by atoms with van der Waals surface area (Å²) in [5.41, 5.74) is 6.09. The van der Waals surface area contributed by atoms with Gasteiger partial charge in [-0.25, -0.2) is 18.7 Å². The topological polar surface area (TPSA) is 80.9 Å². The van der Waals surface area contributed by atoms with E-state index in [2.05, 4.69) is 15.3 Å². The lowest BCUT2D eigenvalue weighted by molar-refractivity contribution is -0.115. The third kappa shape index (κ3) is 4.14. The minimum Gasteiger partial charge on any atom is -0.384 e. The Morgan fingerprint density at radius 1 is 1.32 bits per heavy atom. The van der Waals surface area contributed by atoms with E-state index < -0.39 is 22.8 Å². The molecule has 116 valence electrons. The molecule has 2 aromatic rings. The summed E-state index contributed by atoms with van der Waals surface area (Å²) in [7, 11) is 0. The Labute approximate surface area is 130 Å². The van der Waals surface area contributed by atoms with Gasteiger partial charge in [-0.1, -0.05) is 11.8 Å². The molecule has 22 heavy (non-hydrogen) atoms. The fourth-order valence-electron chi connectivity index (χ4n) is 1.66. The lowest BCUT2D eigenvalue weighted by Gasteiger charge is -2.12. The number of rotatable bonds is 4. The van der Waals surface area contributed by atoms with E-state index in [1.54, 1.807) is 19.9 Å². The summed E-state index contributed by atoms with van der Waals surface area (Å²) in [6, 6.07) is 4.46. The van der Waals surface area contributed by atoms with Crippen molar-refractivity contribution in [1.82, 2.24) is 9.97 Å². The van der Waals surface area contributed by atoms with Crippen molar-refractivity contribution in [3.8, 4) is 0 Å². The quantitative estimate of drug-likeness (QED) is 0.668. The van der Waals surface area contributed by atoms with Gasteiger partial charge in [0, 0.05) is 17.8 Å². The van der Waals surface area contributed by atoms with Crippen molar-refractivity contribution in [1.29, 1.82) is 0 Å². The Morgan fingerprint density at radius 2 is 2.05 bits per heavy atom. The molecule has 5 nitrogen and oxygen atoms in total. The standard InChI is InChI=1S/C14H14F2N4OS/c1-7-5-12(17)20-14(18-7)22-8(2)13(21)19-11-6-9(15)3-4-10(11)16/h3-6,8H,1-2H3,(H,19,21)(H2,17,18,20)/t8-/m0/s1. The number of hydrogen-bond donors (Lipinski definition) is 2. The number of nitrogen functional groups attached to an aromatic ring is 1. The fraction of sp³-hybridized carbons (Fsp3) is 0.214. The smallest absolute Gasteiger partial charge is 0.237 e. The highest BCUT2D eigenvalue weighted by atomic mass is 32.2. The van der Waals surface area contributed by atoms with E-state index >= 15 is 0 Å². The average molecular weight is 324 g/mol. The zero-order valence-electron chi connectivity index (χ0n) is 11.9. The second-order valence-electron chi connectivity index (χ2n) is 4.59. The van der Waals surface area contributed by atoms with Crippen molar-refractivity contribution in [3.05, 3.63) is 41.6 Å². The molecule has 0 radical (unpaired) electrons. The first-order chi connectivity index (χ1) is 10.3. The number of aromatic nitrogens is 2. The Morgan fingerprint density at radius 3 is 2.73 bits per heavy atom. The van der Waals surface area contributed by atoms with Gasteiger partial charge in [0.2, 0.25) is 5.91 Å². The molecule has 1 aromatic carbocycles. The number of benzene rings is 1.